The van der Waals surface area contributed by atoms with Gasteiger partial charge >= 0.3 is 0 Å². The molecular weight excluding hydrogens is 544 g/mol. The number of nitrogens with zero attached hydrogens (tertiary/aromatic N) is 3. The van der Waals surface area contributed by atoms with Crippen LogP contribution >= 0.6 is 11.8 Å². The molecule has 2 saturated heterocycles. The van der Waals surface area contributed by atoms with Crippen LogP contribution in [-0.4, -0.2) is 63.8 Å². The Bertz CT molecular complexity index is 1600. The summed E-state index contributed by atoms with van der Waals surface area (Å²) in [5, 5.41) is 3.30. The smallest absolute Gasteiger partial charge is 0.294 e. The molecule has 6 rings (SSSR count). The molecule has 0 aliphatic carbocycles. The quantitative estimate of drug-likeness (QED) is 0.428. The third kappa shape index (κ3) is 5.29. The van der Waals surface area contributed by atoms with E-state index in [0.29, 0.717) is 36.2 Å². The van der Waals surface area contributed by atoms with Gasteiger partial charge in [-0.2, -0.15) is 0 Å². The number of carbonyl (C=O) groups excluding carboxylic acids is 4. The molecule has 41 heavy (non-hydrogen) atoms. The van der Waals surface area contributed by atoms with Crippen LogP contribution < -0.4 is 14.8 Å². The molecule has 3 aliphatic rings. The average molecular weight is 575 g/mol. The summed E-state index contributed by atoms with van der Waals surface area (Å²) in [5.41, 5.74) is 2.94. The Hall–Kier alpha value is -4.25. The molecule has 0 unspecified atom stereocenters. The van der Waals surface area contributed by atoms with Gasteiger partial charge in [0.15, 0.2) is 11.5 Å². The van der Waals surface area contributed by atoms with Crippen molar-refractivity contribution < 1.29 is 28.7 Å². The van der Waals surface area contributed by atoms with E-state index in [4.69, 9.17) is 9.47 Å². The fraction of sp³-hybridized carbons (Fsp3) is 0.333. The number of hydrogen-bond donors (Lipinski definition) is 1. The standard InChI is InChI=1S/C30H30N4O6S/c1-18-9-11-32(12-10-18)28(36)16-34-29(37)26(41-30(34)38)14-22-19(2)33(23-6-4-3-5-21(22)23)15-27(35)31-20-7-8-24-25(13-20)40-17-39-24/h3-8,13-14,18H,9-12,15-17H2,1-2H3,(H,31,35)/b26-14-. The Kier molecular flexibility index (Phi) is 7.21. The van der Waals surface area contributed by atoms with Crippen LogP contribution in [0.25, 0.3) is 17.0 Å². The third-order valence-corrected chi connectivity index (χ3v) is 8.72. The first kappa shape index (κ1) is 26.9. The number of aromatic nitrogens is 1. The molecule has 0 atom stereocenters. The summed E-state index contributed by atoms with van der Waals surface area (Å²) in [5.74, 6) is 0.866. The fourth-order valence-corrected chi connectivity index (χ4v) is 6.24. The number of likely N-dealkylation sites (tertiary alicyclic amines) is 1. The Balaban J connectivity index is 1.21. The SMILES string of the molecule is Cc1c(/C=C2\SC(=O)N(CC(=O)N3CCC(C)CC3)C2=O)c2ccccc2n1CC(=O)Nc1ccc2c(c1)OCO2. The molecule has 1 aromatic heterocycles. The highest BCUT2D eigenvalue weighted by Crippen LogP contribution is 2.36. The van der Waals surface area contributed by atoms with Crippen molar-refractivity contribution >= 4 is 57.4 Å². The van der Waals surface area contributed by atoms with Gasteiger partial charge in [-0.3, -0.25) is 24.1 Å². The van der Waals surface area contributed by atoms with Crippen molar-refractivity contribution in [1.29, 1.82) is 0 Å². The summed E-state index contributed by atoms with van der Waals surface area (Å²) in [6, 6.07) is 12.8. The van der Waals surface area contributed by atoms with Crippen LogP contribution in [0.2, 0.25) is 0 Å². The second-order valence-electron chi connectivity index (χ2n) is 10.5. The van der Waals surface area contributed by atoms with Crippen LogP contribution in [0, 0.1) is 12.8 Å². The van der Waals surface area contributed by atoms with Gasteiger partial charge in [-0.1, -0.05) is 25.1 Å². The van der Waals surface area contributed by atoms with Crippen LogP contribution in [0.3, 0.4) is 0 Å². The zero-order chi connectivity index (χ0) is 28.7. The average Bonchev–Trinajstić information content (AvgIpc) is 3.61. The van der Waals surface area contributed by atoms with Gasteiger partial charge in [0.05, 0.1) is 4.91 Å². The normalized spacial score (nSPS) is 18.1. The zero-order valence-electron chi connectivity index (χ0n) is 22.8. The maximum atomic E-state index is 13.3. The lowest BCUT2D eigenvalue weighted by atomic mass is 9.99. The van der Waals surface area contributed by atoms with E-state index in [1.807, 2.05) is 35.8 Å². The molecule has 4 heterocycles. The molecule has 3 aromatic rings. The molecule has 0 bridgehead atoms. The van der Waals surface area contributed by atoms with E-state index in [-0.39, 0.29) is 36.6 Å². The van der Waals surface area contributed by atoms with Crippen LogP contribution in [0.5, 0.6) is 11.5 Å². The van der Waals surface area contributed by atoms with Crippen molar-refractivity contribution in [1.82, 2.24) is 14.4 Å². The number of rotatable bonds is 6. The van der Waals surface area contributed by atoms with Crippen LogP contribution in [0.1, 0.15) is 31.0 Å². The highest BCUT2D eigenvalue weighted by atomic mass is 32.2. The second-order valence-corrected chi connectivity index (χ2v) is 11.5. The molecule has 1 N–H and O–H groups in total. The number of para-hydroxylation sites is 1. The number of fused-ring (bicyclic) bond motifs is 2. The van der Waals surface area contributed by atoms with Crippen LogP contribution in [-0.2, 0) is 20.9 Å². The minimum atomic E-state index is -0.476. The number of carbonyl (C=O) groups is 4. The molecular formula is C30H30N4O6S. The Morgan fingerprint density at radius 3 is 2.61 bits per heavy atom. The second kappa shape index (κ2) is 11.0. The van der Waals surface area contributed by atoms with Gasteiger partial charge in [0.2, 0.25) is 18.6 Å². The van der Waals surface area contributed by atoms with Crippen molar-refractivity contribution in [3.8, 4) is 11.5 Å². The number of imide groups is 1. The first-order valence-corrected chi connectivity index (χ1v) is 14.4. The first-order valence-electron chi connectivity index (χ1n) is 13.6. The van der Waals surface area contributed by atoms with Crippen LogP contribution in [0.4, 0.5) is 10.5 Å². The molecule has 0 radical (unpaired) electrons. The Labute approximate surface area is 241 Å². The lowest BCUT2D eigenvalue weighted by Gasteiger charge is -2.31. The van der Waals surface area contributed by atoms with E-state index >= 15 is 0 Å². The van der Waals surface area contributed by atoms with Crippen molar-refractivity contribution in [3.05, 3.63) is 58.6 Å². The zero-order valence-corrected chi connectivity index (χ0v) is 23.7. The number of hydrogen-bond acceptors (Lipinski definition) is 7. The minimum Gasteiger partial charge on any atom is -0.454 e. The summed E-state index contributed by atoms with van der Waals surface area (Å²) in [6.45, 7) is 5.27. The highest BCUT2D eigenvalue weighted by Gasteiger charge is 2.38. The number of piperidine rings is 1. The summed E-state index contributed by atoms with van der Waals surface area (Å²) in [7, 11) is 0. The minimum absolute atomic E-state index is 0.0407. The Morgan fingerprint density at radius 1 is 1.05 bits per heavy atom. The molecule has 10 nitrogen and oxygen atoms in total. The number of benzene rings is 2. The number of nitrogens with one attached hydrogen (secondary N) is 1. The molecule has 2 fully saturated rings. The van der Waals surface area contributed by atoms with Crippen molar-refractivity contribution in [2.24, 2.45) is 5.92 Å². The van der Waals surface area contributed by atoms with E-state index in [1.165, 1.54) is 0 Å². The first-order chi connectivity index (χ1) is 19.8. The van der Waals surface area contributed by atoms with Gasteiger partial charge in [-0.25, -0.2) is 0 Å². The van der Waals surface area contributed by atoms with Crippen molar-refractivity contribution in [2.45, 2.75) is 33.2 Å². The number of ether oxygens (including phenoxy) is 2. The molecule has 11 heteroatoms. The summed E-state index contributed by atoms with van der Waals surface area (Å²) < 4.78 is 12.6. The van der Waals surface area contributed by atoms with Crippen molar-refractivity contribution in [3.63, 3.8) is 0 Å². The summed E-state index contributed by atoms with van der Waals surface area (Å²) in [4.78, 5) is 55.0. The van der Waals surface area contributed by atoms with E-state index in [0.717, 1.165) is 51.7 Å². The molecule has 3 aliphatic heterocycles. The van der Waals surface area contributed by atoms with Gasteiger partial charge in [0, 0.05) is 47.0 Å². The lowest BCUT2D eigenvalue weighted by molar-refractivity contribution is -0.136. The number of anilines is 1. The number of thioether (sulfide) groups is 1. The lowest BCUT2D eigenvalue weighted by Crippen LogP contribution is -2.45. The van der Waals surface area contributed by atoms with Gasteiger partial charge in [-0.15, -0.1) is 0 Å². The third-order valence-electron chi connectivity index (χ3n) is 7.82. The molecule has 2 aromatic carbocycles. The van der Waals surface area contributed by atoms with E-state index < -0.39 is 11.1 Å². The summed E-state index contributed by atoms with van der Waals surface area (Å²) >= 11 is 0.835. The molecule has 0 saturated carbocycles. The molecule has 212 valence electrons. The van der Waals surface area contributed by atoms with Gasteiger partial charge in [0.25, 0.3) is 11.1 Å². The van der Waals surface area contributed by atoms with E-state index in [9.17, 15) is 19.2 Å². The fourth-order valence-electron chi connectivity index (χ4n) is 5.42. The van der Waals surface area contributed by atoms with Gasteiger partial charge in [-0.05, 0) is 61.7 Å². The molecule has 4 amide bonds. The highest BCUT2D eigenvalue weighted by molar-refractivity contribution is 8.18. The summed E-state index contributed by atoms with van der Waals surface area (Å²) in [6.07, 6.45) is 3.54. The Morgan fingerprint density at radius 2 is 1.80 bits per heavy atom. The topological polar surface area (TPSA) is 110 Å². The largest absolute Gasteiger partial charge is 0.454 e. The van der Waals surface area contributed by atoms with Gasteiger partial charge in [0.1, 0.15) is 13.1 Å². The van der Waals surface area contributed by atoms with E-state index in [1.54, 1.807) is 29.2 Å². The van der Waals surface area contributed by atoms with Gasteiger partial charge < -0.3 is 24.3 Å². The monoisotopic (exact) mass is 574 g/mol. The maximum absolute atomic E-state index is 13.3. The maximum Gasteiger partial charge on any atom is 0.294 e. The van der Waals surface area contributed by atoms with E-state index in [2.05, 4.69) is 12.2 Å². The predicted molar refractivity (Wildman–Crippen MR) is 156 cm³/mol. The molecule has 0 spiro atoms. The van der Waals surface area contributed by atoms with Crippen LogP contribution in [0.15, 0.2) is 47.4 Å². The van der Waals surface area contributed by atoms with Crippen molar-refractivity contribution in [2.75, 3.05) is 31.7 Å². The predicted octanol–water partition coefficient (Wildman–Crippen LogP) is 4.61. The number of amides is 4.